The highest BCUT2D eigenvalue weighted by molar-refractivity contribution is 6.39. The van der Waals surface area contributed by atoms with Crippen LogP contribution >= 0.6 is 11.6 Å². The molecule has 0 spiro atoms. The summed E-state index contributed by atoms with van der Waals surface area (Å²) in [6.45, 7) is 4.56. The molecule has 10 heteroatoms. The van der Waals surface area contributed by atoms with Crippen molar-refractivity contribution in [2.75, 3.05) is 25.7 Å². The highest BCUT2D eigenvalue weighted by Crippen LogP contribution is 2.39. The predicted octanol–water partition coefficient (Wildman–Crippen LogP) is 5.31. The summed E-state index contributed by atoms with van der Waals surface area (Å²) in [4.78, 5) is 39.7. The van der Waals surface area contributed by atoms with Crippen molar-refractivity contribution in [3.8, 4) is 23.0 Å². The Balaban J connectivity index is 1.66. The zero-order valence-electron chi connectivity index (χ0n) is 21.9. The number of halogens is 1. The molecule has 202 valence electrons. The fraction of sp³-hybridized carbons (Fsp3) is 0.207. The zero-order chi connectivity index (χ0) is 28.1. The van der Waals surface area contributed by atoms with E-state index in [1.165, 1.54) is 32.4 Å². The number of barbiturate groups is 1. The molecule has 4 rings (SSSR count). The van der Waals surface area contributed by atoms with Crippen molar-refractivity contribution in [3.63, 3.8) is 0 Å². The number of nitrogens with one attached hydrogen (secondary N) is 1. The van der Waals surface area contributed by atoms with E-state index in [1.807, 2.05) is 38.1 Å². The van der Waals surface area contributed by atoms with Crippen LogP contribution < -0.4 is 29.2 Å². The first-order valence-corrected chi connectivity index (χ1v) is 12.4. The van der Waals surface area contributed by atoms with Crippen LogP contribution in [0.4, 0.5) is 10.5 Å². The normalized spacial score (nSPS) is 14.3. The molecule has 1 heterocycles. The summed E-state index contributed by atoms with van der Waals surface area (Å²) in [5.41, 5.74) is 2.43. The second kappa shape index (κ2) is 11.9. The summed E-state index contributed by atoms with van der Waals surface area (Å²) in [6, 6.07) is 14.9. The standard InChI is InChI=1S/C29H27ClN2O7/c1-5-38-26-13-18(9-10-23(26)39-16-19-8-6-7-17(2)11-19)12-20-27(33)31-29(35)32(28(20)34)22-15-24(36-3)21(30)14-25(22)37-4/h6-15H,5,16H2,1-4H3,(H,31,33,35)/b20-12+. The number of methoxy groups -OCH3 is 2. The Labute approximate surface area is 230 Å². The zero-order valence-corrected chi connectivity index (χ0v) is 22.6. The Morgan fingerprint density at radius 1 is 0.897 bits per heavy atom. The molecule has 0 aliphatic carbocycles. The van der Waals surface area contributed by atoms with Crippen molar-refractivity contribution in [2.45, 2.75) is 20.5 Å². The summed E-state index contributed by atoms with van der Waals surface area (Å²) in [7, 11) is 2.77. The second-order valence-corrected chi connectivity index (χ2v) is 8.94. The van der Waals surface area contributed by atoms with Crippen LogP contribution in [0.25, 0.3) is 6.08 Å². The molecular weight excluding hydrogens is 524 g/mol. The third-order valence-electron chi connectivity index (χ3n) is 5.85. The average molecular weight is 551 g/mol. The highest BCUT2D eigenvalue weighted by Gasteiger charge is 2.38. The summed E-state index contributed by atoms with van der Waals surface area (Å²) < 4.78 is 22.3. The first kappa shape index (κ1) is 27.5. The topological polar surface area (TPSA) is 103 Å². The minimum atomic E-state index is -0.931. The molecule has 3 aromatic rings. The largest absolute Gasteiger partial charge is 0.495 e. The van der Waals surface area contributed by atoms with Crippen LogP contribution in [-0.2, 0) is 16.2 Å². The smallest absolute Gasteiger partial charge is 0.336 e. The lowest BCUT2D eigenvalue weighted by Crippen LogP contribution is -2.54. The third-order valence-corrected chi connectivity index (χ3v) is 6.15. The van der Waals surface area contributed by atoms with E-state index in [4.69, 9.17) is 30.5 Å². The van der Waals surface area contributed by atoms with Crippen LogP contribution in [0.1, 0.15) is 23.6 Å². The van der Waals surface area contributed by atoms with E-state index in [0.717, 1.165) is 16.0 Å². The molecule has 9 nitrogen and oxygen atoms in total. The van der Waals surface area contributed by atoms with Crippen molar-refractivity contribution >= 4 is 41.2 Å². The van der Waals surface area contributed by atoms with Crippen molar-refractivity contribution in [1.29, 1.82) is 0 Å². The summed E-state index contributed by atoms with van der Waals surface area (Å²) in [5, 5.41) is 2.42. The Morgan fingerprint density at radius 2 is 1.67 bits per heavy atom. The Kier molecular flexibility index (Phi) is 8.41. The van der Waals surface area contributed by atoms with E-state index in [2.05, 4.69) is 5.32 Å². The van der Waals surface area contributed by atoms with Crippen LogP contribution in [0.15, 0.2) is 60.2 Å². The van der Waals surface area contributed by atoms with Crippen LogP contribution in [0, 0.1) is 6.92 Å². The first-order valence-electron chi connectivity index (χ1n) is 12.0. The molecule has 1 fully saturated rings. The van der Waals surface area contributed by atoms with Crippen LogP contribution in [0.3, 0.4) is 0 Å². The van der Waals surface area contributed by atoms with Gasteiger partial charge in [-0.15, -0.1) is 0 Å². The number of anilines is 1. The minimum Gasteiger partial charge on any atom is -0.495 e. The number of ether oxygens (including phenoxy) is 4. The highest BCUT2D eigenvalue weighted by atomic mass is 35.5. The lowest BCUT2D eigenvalue weighted by molar-refractivity contribution is -0.122. The van der Waals surface area contributed by atoms with Gasteiger partial charge in [-0.25, -0.2) is 9.69 Å². The van der Waals surface area contributed by atoms with Crippen molar-refractivity contribution < 1.29 is 33.3 Å². The molecule has 1 aliphatic heterocycles. The van der Waals surface area contributed by atoms with E-state index < -0.39 is 17.8 Å². The molecule has 0 bridgehead atoms. The lowest BCUT2D eigenvalue weighted by Gasteiger charge is -2.28. The van der Waals surface area contributed by atoms with Crippen molar-refractivity contribution in [1.82, 2.24) is 5.32 Å². The van der Waals surface area contributed by atoms with Gasteiger partial charge in [0.2, 0.25) is 0 Å². The number of aryl methyl sites for hydroxylation is 1. The maximum atomic E-state index is 13.5. The van der Waals surface area contributed by atoms with E-state index in [1.54, 1.807) is 18.2 Å². The Morgan fingerprint density at radius 3 is 2.36 bits per heavy atom. The Bertz CT molecular complexity index is 1470. The summed E-state index contributed by atoms with van der Waals surface area (Å²) >= 11 is 6.17. The molecular formula is C29H27ClN2O7. The number of urea groups is 1. The SMILES string of the molecule is CCOc1cc(/C=C2\C(=O)NC(=O)N(c3cc(OC)c(Cl)cc3OC)C2=O)ccc1OCc1cccc(C)c1. The van der Waals surface area contributed by atoms with Gasteiger partial charge in [0.15, 0.2) is 11.5 Å². The van der Waals surface area contributed by atoms with Gasteiger partial charge in [-0.2, -0.15) is 0 Å². The number of nitrogens with zero attached hydrogens (tertiary/aromatic N) is 1. The molecule has 0 atom stereocenters. The van der Waals surface area contributed by atoms with Gasteiger partial charge in [-0.3, -0.25) is 14.9 Å². The molecule has 1 saturated heterocycles. The number of amides is 4. The van der Waals surface area contributed by atoms with Gasteiger partial charge in [0.1, 0.15) is 23.7 Å². The van der Waals surface area contributed by atoms with E-state index in [-0.39, 0.29) is 27.8 Å². The van der Waals surface area contributed by atoms with E-state index in [9.17, 15) is 14.4 Å². The number of rotatable bonds is 9. The Hall–Kier alpha value is -4.50. The molecule has 0 saturated carbocycles. The molecule has 4 amide bonds. The quantitative estimate of drug-likeness (QED) is 0.284. The second-order valence-electron chi connectivity index (χ2n) is 8.53. The molecule has 0 radical (unpaired) electrons. The minimum absolute atomic E-state index is 0.0644. The van der Waals surface area contributed by atoms with Crippen LogP contribution in [-0.4, -0.2) is 38.7 Å². The molecule has 1 aliphatic rings. The van der Waals surface area contributed by atoms with Gasteiger partial charge < -0.3 is 18.9 Å². The fourth-order valence-corrected chi connectivity index (χ4v) is 4.26. The summed E-state index contributed by atoms with van der Waals surface area (Å²) in [6.07, 6.45) is 1.38. The maximum Gasteiger partial charge on any atom is 0.336 e. The molecule has 0 unspecified atom stereocenters. The molecule has 39 heavy (non-hydrogen) atoms. The first-order chi connectivity index (χ1) is 18.7. The van der Waals surface area contributed by atoms with E-state index in [0.29, 0.717) is 30.3 Å². The lowest BCUT2D eigenvalue weighted by atomic mass is 10.1. The van der Waals surface area contributed by atoms with Gasteiger partial charge in [0, 0.05) is 12.1 Å². The maximum absolute atomic E-state index is 13.5. The molecule has 1 N–H and O–H groups in total. The summed E-state index contributed by atoms with van der Waals surface area (Å²) in [5.74, 6) is -0.358. The van der Waals surface area contributed by atoms with Crippen molar-refractivity contribution in [2.24, 2.45) is 0 Å². The van der Waals surface area contributed by atoms with E-state index >= 15 is 0 Å². The van der Waals surface area contributed by atoms with Crippen LogP contribution in [0.2, 0.25) is 5.02 Å². The number of hydrogen-bond donors (Lipinski definition) is 1. The molecule has 3 aromatic carbocycles. The van der Waals surface area contributed by atoms with Crippen LogP contribution in [0.5, 0.6) is 23.0 Å². The number of carbonyl (C=O) groups excluding carboxylic acids is 3. The van der Waals surface area contributed by atoms with Gasteiger partial charge in [0.05, 0.1) is 31.5 Å². The third kappa shape index (κ3) is 5.99. The number of imide groups is 2. The van der Waals surface area contributed by atoms with Gasteiger partial charge in [-0.05, 0) is 43.2 Å². The average Bonchev–Trinajstić information content (AvgIpc) is 2.91. The number of benzene rings is 3. The van der Waals surface area contributed by atoms with Gasteiger partial charge in [-0.1, -0.05) is 47.5 Å². The number of hydrogen-bond acceptors (Lipinski definition) is 7. The monoisotopic (exact) mass is 550 g/mol. The number of carbonyl (C=O) groups is 3. The molecule has 0 aromatic heterocycles. The van der Waals surface area contributed by atoms with Crippen molar-refractivity contribution in [3.05, 3.63) is 81.9 Å². The van der Waals surface area contributed by atoms with Gasteiger partial charge in [0.25, 0.3) is 11.8 Å². The predicted molar refractivity (Wildman–Crippen MR) is 147 cm³/mol. The fourth-order valence-electron chi connectivity index (χ4n) is 4.03. The van der Waals surface area contributed by atoms with Gasteiger partial charge >= 0.3 is 6.03 Å².